The highest BCUT2D eigenvalue weighted by atomic mass is 16.5. The van der Waals surface area contributed by atoms with Gasteiger partial charge < -0.3 is 15.4 Å². The fraction of sp³-hybridized carbons (Fsp3) is 0.190. The molecule has 3 rings (SSSR count). The van der Waals surface area contributed by atoms with Crippen LogP contribution in [0.15, 0.2) is 67.0 Å². The monoisotopic (exact) mass is 362 g/mol. The minimum atomic E-state index is -0.269. The molecule has 6 nitrogen and oxygen atoms in total. The molecule has 6 heteroatoms. The normalized spacial score (nSPS) is 10.9. The van der Waals surface area contributed by atoms with Gasteiger partial charge in [0.25, 0.3) is 5.91 Å². The summed E-state index contributed by atoms with van der Waals surface area (Å²) in [6, 6.07) is 16.7. The third-order valence-corrected chi connectivity index (χ3v) is 3.49. The predicted octanol–water partition coefficient (Wildman–Crippen LogP) is 4.73. The largest absolute Gasteiger partial charge is 0.457 e. The summed E-state index contributed by atoms with van der Waals surface area (Å²) in [6.45, 7) is 6.05. The molecular weight excluding hydrogens is 340 g/mol. The molecule has 0 aliphatic heterocycles. The first-order chi connectivity index (χ1) is 12.9. The summed E-state index contributed by atoms with van der Waals surface area (Å²) in [5.41, 5.74) is 0.907. The van der Waals surface area contributed by atoms with E-state index in [4.69, 9.17) is 4.74 Å². The van der Waals surface area contributed by atoms with Gasteiger partial charge in [0.15, 0.2) is 0 Å². The molecule has 138 valence electrons. The predicted molar refractivity (Wildman–Crippen MR) is 106 cm³/mol. The van der Waals surface area contributed by atoms with Crippen molar-refractivity contribution in [3.05, 3.63) is 72.6 Å². The number of para-hydroxylation sites is 1. The molecule has 0 aliphatic carbocycles. The van der Waals surface area contributed by atoms with Crippen LogP contribution < -0.4 is 15.4 Å². The van der Waals surface area contributed by atoms with Crippen LogP contribution in [0.3, 0.4) is 0 Å². The maximum atomic E-state index is 12.3. The molecular formula is C21H22N4O2. The summed E-state index contributed by atoms with van der Waals surface area (Å²) < 4.78 is 5.74. The molecule has 1 heterocycles. The molecule has 0 radical (unpaired) electrons. The van der Waals surface area contributed by atoms with Crippen molar-refractivity contribution in [2.24, 2.45) is 0 Å². The van der Waals surface area contributed by atoms with Crippen LogP contribution in [0, 0.1) is 0 Å². The van der Waals surface area contributed by atoms with E-state index in [1.165, 1.54) is 12.4 Å². The molecule has 0 aliphatic rings. The molecule has 0 fully saturated rings. The Balaban J connectivity index is 1.60. The summed E-state index contributed by atoms with van der Waals surface area (Å²) in [6.07, 6.45) is 3.01. The van der Waals surface area contributed by atoms with E-state index in [1.807, 2.05) is 51.1 Å². The van der Waals surface area contributed by atoms with Gasteiger partial charge in [-0.2, -0.15) is 0 Å². The van der Waals surface area contributed by atoms with E-state index < -0.39 is 0 Å². The number of nitrogens with zero attached hydrogens (tertiary/aromatic N) is 2. The van der Waals surface area contributed by atoms with Crippen molar-refractivity contribution in [1.82, 2.24) is 9.97 Å². The first kappa shape index (κ1) is 18.4. The van der Waals surface area contributed by atoms with Crippen molar-refractivity contribution >= 4 is 17.5 Å². The van der Waals surface area contributed by atoms with Crippen LogP contribution in [-0.4, -0.2) is 21.4 Å². The first-order valence-corrected chi connectivity index (χ1v) is 8.64. The van der Waals surface area contributed by atoms with E-state index in [0.29, 0.717) is 22.9 Å². The topological polar surface area (TPSA) is 76.1 Å². The van der Waals surface area contributed by atoms with Crippen LogP contribution in [0.25, 0.3) is 0 Å². The third kappa shape index (κ3) is 5.54. The smallest absolute Gasteiger partial charge is 0.258 e. The Morgan fingerprint density at radius 1 is 0.889 bits per heavy atom. The molecule has 27 heavy (non-hydrogen) atoms. The van der Waals surface area contributed by atoms with Crippen molar-refractivity contribution in [1.29, 1.82) is 0 Å². The maximum absolute atomic E-state index is 12.3. The van der Waals surface area contributed by atoms with Gasteiger partial charge in [-0.3, -0.25) is 4.79 Å². The number of hydrogen-bond acceptors (Lipinski definition) is 5. The lowest BCUT2D eigenvalue weighted by Gasteiger charge is -2.20. The van der Waals surface area contributed by atoms with E-state index in [1.54, 1.807) is 24.3 Å². The minimum absolute atomic E-state index is 0.145. The Hall–Kier alpha value is -3.41. The second kappa shape index (κ2) is 7.86. The summed E-state index contributed by atoms with van der Waals surface area (Å²) in [5, 5.41) is 5.98. The first-order valence-electron chi connectivity index (χ1n) is 8.64. The highest BCUT2D eigenvalue weighted by molar-refractivity contribution is 6.03. The quantitative estimate of drug-likeness (QED) is 0.686. The number of amides is 1. The van der Waals surface area contributed by atoms with Gasteiger partial charge in [0.1, 0.15) is 11.5 Å². The Bertz CT molecular complexity index is 886. The Morgan fingerprint density at radius 2 is 1.48 bits per heavy atom. The fourth-order valence-electron chi connectivity index (χ4n) is 2.28. The average Bonchev–Trinajstić information content (AvgIpc) is 2.63. The van der Waals surface area contributed by atoms with Crippen molar-refractivity contribution in [2.75, 3.05) is 10.6 Å². The van der Waals surface area contributed by atoms with Crippen molar-refractivity contribution in [3.8, 4) is 11.5 Å². The number of carbonyl (C=O) groups excluding carboxylic acids is 1. The number of carbonyl (C=O) groups is 1. The molecule has 1 amide bonds. The van der Waals surface area contributed by atoms with Crippen LogP contribution in [0.4, 0.5) is 11.6 Å². The zero-order valence-electron chi connectivity index (χ0n) is 15.6. The lowest BCUT2D eigenvalue weighted by atomic mass is 10.1. The second-order valence-corrected chi connectivity index (χ2v) is 7.06. The van der Waals surface area contributed by atoms with Gasteiger partial charge in [-0.05, 0) is 57.2 Å². The number of nitrogens with one attached hydrogen (secondary N) is 2. The van der Waals surface area contributed by atoms with Crippen LogP contribution >= 0.6 is 0 Å². The molecule has 2 aromatic carbocycles. The van der Waals surface area contributed by atoms with Gasteiger partial charge in [-0.1, -0.05) is 18.2 Å². The number of hydrogen-bond donors (Lipinski definition) is 2. The SMILES string of the molecule is CC(C)(C)Nc1ncc(C(=O)Nc2ccc(Oc3ccccc3)cc2)cn1. The molecule has 2 N–H and O–H groups in total. The van der Waals surface area contributed by atoms with E-state index in [9.17, 15) is 4.79 Å². The Kier molecular flexibility index (Phi) is 5.35. The summed E-state index contributed by atoms with van der Waals surface area (Å²) in [7, 11) is 0. The van der Waals surface area contributed by atoms with Crippen molar-refractivity contribution < 1.29 is 9.53 Å². The summed E-state index contributed by atoms with van der Waals surface area (Å²) in [4.78, 5) is 20.7. The molecule has 0 saturated carbocycles. The second-order valence-electron chi connectivity index (χ2n) is 7.06. The van der Waals surface area contributed by atoms with Gasteiger partial charge in [0, 0.05) is 23.6 Å². The zero-order chi connectivity index (χ0) is 19.3. The number of rotatable bonds is 5. The average molecular weight is 362 g/mol. The Morgan fingerprint density at radius 3 is 2.07 bits per heavy atom. The van der Waals surface area contributed by atoms with Gasteiger partial charge >= 0.3 is 0 Å². The zero-order valence-corrected chi connectivity index (χ0v) is 15.6. The lowest BCUT2D eigenvalue weighted by Crippen LogP contribution is -2.27. The van der Waals surface area contributed by atoms with E-state index in [-0.39, 0.29) is 11.4 Å². The lowest BCUT2D eigenvalue weighted by molar-refractivity contribution is 0.102. The van der Waals surface area contributed by atoms with Gasteiger partial charge in [-0.25, -0.2) is 9.97 Å². The number of ether oxygens (including phenoxy) is 1. The fourth-order valence-corrected chi connectivity index (χ4v) is 2.28. The van der Waals surface area contributed by atoms with E-state index in [0.717, 1.165) is 5.75 Å². The number of benzene rings is 2. The van der Waals surface area contributed by atoms with Crippen LogP contribution in [-0.2, 0) is 0 Å². The maximum Gasteiger partial charge on any atom is 0.258 e. The molecule has 0 spiro atoms. The van der Waals surface area contributed by atoms with Gasteiger partial charge in [0.05, 0.1) is 5.56 Å². The third-order valence-electron chi connectivity index (χ3n) is 3.49. The van der Waals surface area contributed by atoms with Crippen LogP contribution in [0.2, 0.25) is 0 Å². The highest BCUT2D eigenvalue weighted by Crippen LogP contribution is 2.22. The van der Waals surface area contributed by atoms with E-state index in [2.05, 4.69) is 20.6 Å². The van der Waals surface area contributed by atoms with Crippen LogP contribution in [0.1, 0.15) is 31.1 Å². The molecule has 3 aromatic rings. The van der Waals surface area contributed by atoms with Crippen molar-refractivity contribution in [3.63, 3.8) is 0 Å². The van der Waals surface area contributed by atoms with Gasteiger partial charge in [0.2, 0.25) is 5.95 Å². The van der Waals surface area contributed by atoms with Crippen molar-refractivity contribution in [2.45, 2.75) is 26.3 Å². The Labute approximate surface area is 158 Å². The number of anilines is 2. The number of aromatic nitrogens is 2. The van der Waals surface area contributed by atoms with E-state index >= 15 is 0 Å². The molecule has 1 aromatic heterocycles. The standard InChI is InChI=1S/C21H22N4O2/c1-21(2,3)25-20-22-13-15(14-23-20)19(26)24-16-9-11-18(12-10-16)27-17-7-5-4-6-8-17/h4-14H,1-3H3,(H,24,26)(H,22,23,25). The van der Waals surface area contributed by atoms with Gasteiger partial charge in [-0.15, -0.1) is 0 Å². The summed E-state index contributed by atoms with van der Waals surface area (Å²) in [5.74, 6) is 1.67. The minimum Gasteiger partial charge on any atom is -0.457 e. The molecule has 0 unspecified atom stereocenters. The molecule has 0 atom stereocenters. The molecule has 0 bridgehead atoms. The molecule has 0 saturated heterocycles. The van der Waals surface area contributed by atoms with Crippen LogP contribution in [0.5, 0.6) is 11.5 Å². The summed E-state index contributed by atoms with van der Waals surface area (Å²) >= 11 is 0. The highest BCUT2D eigenvalue weighted by Gasteiger charge is 2.12.